The van der Waals surface area contributed by atoms with Gasteiger partial charge in [-0.1, -0.05) is 18.2 Å². The van der Waals surface area contributed by atoms with Crippen molar-refractivity contribution in [3.8, 4) is 16.9 Å². The van der Waals surface area contributed by atoms with Gasteiger partial charge in [0.2, 0.25) is 5.95 Å². The number of carbonyl (C=O) groups excluding carboxylic acids is 1. The molecule has 0 radical (unpaired) electrons. The van der Waals surface area contributed by atoms with E-state index in [-0.39, 0.29) is 22.3 Å². The van der Waals surface area contributed by atoms with Crippen LogP contribution in [0.3, 0.4) is 0 Å². The number of aliphatic hydroxyl groups is 1. The maximum atomic E-state index is 13.7. The number of amides is 2. The predicted molar refractivity (Wildman–Crippen MR) is 140 cm³/mol. The van der Waals surface area contributed by atoms with Crippen molar-refractivity contribution >= 4 is 23.4 Å². The van der Waals surface area contributed by atoms with Crippen LogP contribution in [0.5, 0.6) is 5.75 Å². The van der Waals surface area contributed by atoms with Crippen molar-refractivity contribution in [2.75, 3.05) is 43.3 Å². The minimum absolute atomic E-state index is 0.0148. The topological polar surface area (TPSA) is 103 Å². The van der Waals surface area contributed by atoms with Crippen LogP contribution in [0, 0.1) is 6.92 Å². The summed E-state index contributed by atoms with van der Waals surface area (Å²) in [5, 5.41) is 14.9. The third-order valence-corrected chi connectivity index (χ3v) is 5.66. The highest BCUT2D eigenvalue weighted by molar-refractivity contribution is 5.91. The number of aromatic nitrogens is 2. The molecule has 5 rings (SSSR count). The number of alkyl halides is 2. The number of hydrogen-bond donors (Lipinski definition) is 3. The third kappa shape index (κ3) is 5.84. The number of urea groups is 1. The number of piperazine rings is 1. The molecule has 0 unspecified atom stereocenters. The molecule has 2 fully saturated rings. The number of aryl methyl sites for hydroxylation is 1. The van der Waals surface area contributed by atoms with Crippen LogP contribution in [-0.4, -0.2) is 75.7 Å². The summed E-state index contributed by atoms with van der Waals surface area (Å²) in [6, 6.07) is 8.86. The van der Waals surface area contributed by atoms with Crippen molar-refractivity contribution in [2.45, 2.75) is 31.8 Å². The van der Waals surface area contributed by atoms with Gasteiger partial charge in [0.1, 0.15) is 5.75 Å². The Hall–Kier alpha value is -3.83. The molecule has 2 aliphatic rings. The van der Waals surface area contributed by atoms with E-state index in [4.69, 9.17) is 13.7 Å². The number of ether oxygens (including phenoxy) is 1. The first kappa shape index (κ1) is 16.2. The first-order chi connectivity index (χ1) is 22.2. The highest BCUT2D eigenvalue weighted by Crippen LogP contribution is 2.44. The molecule has 9 nitrogen and oxygen atoms in total. The number of β-amino-alcohol motifs (C(OH)–C–C–N with tert-alkyl or cyclic N) is 1. The minimum Gasteiger partial charge on any atom is -0.435 e. The first-order valence-corrected chi connectivity index (χ1v) is 11.4. The van der Waals surface area contributed by atoms with Gasteiger partial charge in [-0.2, -0.15) is 8.78 Å². The van der Waals surface area contributed by atoms with Crippen LogP contribution < -0.4 is 15.4 Å². The molecule has 0 bridgehead atoms. The highest BCUT2D eigenvalue weighted by atomic mass is 19.3. The van der Waals surface area contributed by atoms with Crippen LogP contribution in [0.2, 0.25) is 0 Å². The molecule has 2 aromatic carbocycles. The second-order valence-corrected chi connectivity index (χ2v) is 8.29. The van der Waals surface area contributed by atoms with Crippen LogP contribution in [0.25, 0.3) is 11.1 Å². The maximum absolute atomic E-state index is 13.7. The molecule has 200 valence electrons. The number of nitrogens with one attached hydrogen (secondary N) is 2. The summed E-state index contributed by atoms with van der Waals surface area (Å²) in [5.74, 6) is 0.0949. The summed E-state index contributed by atoms with van der Waals surface area (Å²) in [6.45, 7) is -13.4. The Bertz CT molecular complexity index is 1690. The molecular formula is C27H30F2N6O3. The molecule has 1 aliphatic heterocycles. The monoisotopic (exact) mass is 534 g/mol. The normalized spacial score (nSPS) is 27.0. The lowest BCUT2D eigenvalue weighted by Crippen LogP contribution is -2.57. The van der Waals surface area contributed by atoms with Gasteiger partial charge in [-0.05, 0) is 55.1 Å². The quantitative estimate of drug-likeness (QED) is 0.392. The Kier molecular flexibility index (Phi) is 4.64. The minimum atomic E-state index is -3.49. The Labute approximate surface area is 233 Å². The summed E-state index contributed by atoms with van der Waals surface area (Å²) >= 11 is 0. The van der Waals surface area contributed by atoms with E-state index in [1.165, 1.54) is 30.6 Å². The number of rotatable bonds is 8. The van der Waals surface area contributed by atoms with Gasteiger partial charge < -0.3 is 25.4 Å². The summed E-state index contributed by atoms with van der Waals surface area (Å²) < 4.78 is 114. The first-order valence-electron chi connectivity index (χ1n) is 16.4. The maximum Gasteiger partial charge on any atom is 0.387 e. The van der Waals surface area contributed by atoms with Gasteiger partial charge in [-0.25, -0.2) is 14.8 Å². The molecule has 0 atom stereocenters. The van der Waals surface area contributed by atoms with Gasteiger partial charge in [0.05, 0.1) is 12.1 Å². The van der Waals surface area contributed by atoms with Gasteiger partial charge in [0.25, 0.3) is 0 Å². The van der Waals surface area contributed by atoms with E-state index in [1.54, 1.807) is 31.2 Å². The Balaban J connectivity index is 1.40. The molecule has 3 N–H and O–H groups in total. The largest absolute Gasteiger partial charge is 0.435 e. The highest BCUT2D eigenvalue weighted by Gasteiger charge is 2.51. The molecule has 1 aromatic heterocycles. The number of benzene rings is 2. The second-order valence-electron chi connectivity index (χ2n) is 8.29. The zero-order valence-corrected chi connectivity index (χ0v) is 20.0. The lowest BCUT2D eigenvalue weighted by molar-refractivity contribution is -0.0498. The summed E-state index contributed by atoms with van der Waals surface area (Å²) in [7, 11) is 0. The Morgan fingerprint density at radius 3 is 2.55 bits per heavy atom. The SMILES string of the molecule is [2H]C1([2H])N(C(=O)Nc2cc(Nc3ncc(-c4ccc(OC(F)F)cc4)cn3)ccc2C)C([2H])([2H])C2(N(CCO)C1([2H])[2H])C([2H])([2H])C2([2H])[2H]. The molecule has 11 heteroatoms. The summed E-state index contributed by atoms with van der Waals surface area (Å²) in [5.41, 5.74) is -1.08. The van der Waals surface area contributed by atoms with E-state index < -0.39 is 63.6 Å². The van der Waals surface area contributed by atoms with Crippen molar-refractivity contribution in [2.24, 2.45) is 0 Å². The van der Waals surface area contributed by atoms with Crippen LogP contribution in [0.15, 0.2) is 54.9 Å². The second kappa shape index (κ2) is 10.9. The Morgan fingerprint density at radius 1 is 1.16 bits per heavy atom. The van der Waals surface area contributed by atoms with Crippen LogP contribution in [-0.2, 0) is 0 Å². The predicted octanol–water partition coefficient (Wildman–Crippen LogP) is 4.47. The molecule has 2 heterocycles. The van der Waals surface area contributed by atoms with E-state index >= 15 is 0 Å². The summed E-state index contributed by atoms with van der Waals surface area (Å²) in [4.78, 5) is 22.3. The van der Waals surface area contributed by atoms with E-state index in [0.717, 1.165) is 0 Å². The van der Waals surface area contributed by atoms with Crippen molar-refractivity contribution in [3.63, 3.8) is 0 Å². The fourth-order valence-corrected chi connectivity index (χ4v) is 3.62. The number of nitrogens with zero attached hydrogens (tertiary/aromatic N) is 4. The van der Waals surface area contributed by atoms with Gasteiger partial charge in [-0.3, -0.25) is 4.90 Å². The lowest BCUT2D eigenvalue weighted by atomic mass is 10.1. The number of carbonyl (C=O) groups is 1. The third-order valence-electron chi connectivity index (χ3n) is 5.66. The van der Waals surface area contributed by atoms with Crippen LogP contribution >= 0.6 is 0 Å². The number of aliphatic hydroxyl groups excluding tert-OH is 1. The molecule has 1 spiro atoms. The van der Waals surface area contributed by atoms with Gasteiger partial charge >= 0.3 is 12.6 Å². The van der Waals surface area contributed by atoms with Gasteiger partial charge in [0, 0.05) is 69.1 Å². The smallest absolute Gasteiger partial charge is 0.387 e. The van der Waals surface area contributed by atoms with E-state index in [0.29, 0.717) is 27.3 Å². The summed E-state index contributed by atoms with van der Waals surface area (Å²) in [6.07, 6.45) is -3.26. The molecule has 1 saturated heterocycles. The average Bonchev–Trinajstić information content (AvgIpc) is 3.36. The number of hydrogen-bond acceptors (Lipinski definition) is 7. The zero-order chi connectivity index (χ0) is 35.7. The fraction of sp³-hybridized carbons (Fsp3) is 0.370. The molecule has 38 heavy (non-hydrogen) atoms. The molecule has 1 saturated carbocycles. The van der Waals surface area contributed by atoms with Crippen LogP contribution in [0.1, 0.15) is 32.0 Å². The van der Waals surface area contributed by atoms with E-state index in [9.17, 15) is 18.7 Å². The van der Waals surface area contributed by atoms with Crippen molar-refractivity contribution in [1.29, 1.82) is 0 Å². The van der Waals surface area contributed by atoms with Gasteiger partial charge in [-0.15, -0.1) is 0 Å². The van der Waals surface area contributed by atoms with Crippen LogP contribution in [0.4, 0.5) is 30.9 Å². The van der Waals surface area contributed by atoms with E-state index in [1.807, 2.05) is 0 Å². The van der Waals surface area contributed by atoms with Crippen molar-refractivity contribution in [3.05, 3.63) is 60.4 Å². The molecule has 2 amide bonds. The van der Waals surface area contributed by atoms with E-state index in [2.05, 4.69) is 25.3 Å². The van der Waals surface area contributed by atoms with Crippen molar-refractivity contribution in [1.82, 2.24) is 19.8 Å². The zero-order valence-electron chi connectivity index (χ0n) is 30.0. The Morgan fingerprint density at radius 2 is 1.89 bits per heavy atom. The number of anilines is 3. The molecular weight excluding hydrogens is 494 g/mol. The fourth-order valence-electron chi connectivity index (χ4n) is 3.62. The average molecular weight is 535 g/mol. The molecule has 3 aromatic rings. The van der Waals surface area contributed by atoms with Gasteiger partial charge in [0.15, 0.2) is 0 Å². The lowest BCUT2D eigenvalue weighted by Gasteiger charge is -2.41. The number of halogens is 2. The molecule has 1 aliphatic carbocycles. The standard InChI is InChI=1S/C27H30F2N6O3/c1-18-2-5-21(14-23(18)33-26(37)34-10-11-35(12-13-36)27(17-34)8-9-27)32-25-30-15-20(16-31-25)19-3-6-22(7-4-19)38-24(28)29/h2-7,14-16,24,36H,8-13,17H2,1H3,(H,33,37)(H,30,31,32)/i8D2,9D2,10D2,11D2,17D2. The van der Waals surface area contributed by atoms with Crippen molar-refractivity contribution < 1.29 is 37.1 Å².